The van der Waals surface area contributed by atoms with Gasteiger partial charge >= 0.3 is 0 Å². The maximum absolute atomic E-state index is 12.2. The van der Waals surface area contributed by atoms with E-state index < -0.39 is 5.41 Å². The molecule has 0 saturated heterocycles. The molecular weight excluding hydrogens is 289 g/mol. The minimum atomic E-state index is -0.747. The van der Waals surface area contributed by atoms with E-state index in [0.29, 0.717) is 10.6 Å². The first-order chi connectivity index (χ1) is 8.83. The Morgan fingerprint density at radius 3 is 2.37 bits per heavy atom. The number of amides is 1. The number of halogens is 2. The predicted octanol–water partition coefficient (Wildman–Crippen LogP) is 2.06. The Morgan fingerprint density at radius 1 is 1.32 bits per heavy atom. The smallest absolute Gasteiger partial charge is 0.255 e. The summed E-state index contributed by atoms with van der Waals surface area (Å²) in [6.07, 6.45) is 0. The van der Waals surface area contributed by atoms with Crippen molar-refractivity contribution in [1.82, 2.24) is 4.90 Å². The molecule has 0 saturated carbocycles. The second kappa shape index (κ2) is 6.57. The summed E-state index contributed by atoms with van der Waals surface area (Å²) in [5.74, 6) is -0.283. The molecule has 0 bridgehead atoms. The van der Waals surface area contributed by atoms with Gasteiger partial charge in [0.15, 0.2) is 0 Å². The zero-order valence-corrected chi connectivity index (χ0v) is 12.4. The lowest BCUT2D eigenvalue weighted by Gasteiger charge is -2.30. The summed E-state index contributed by atoms with van der Waals surface area (Å²) in [6.45, 7) is 1.49. The maximum atomic E-state index is 12.2. The molecule has 1 rings (SSSR count). The number of nitrogens with zero attached hydrogens (tertiary/aromatic N) is 1. The van der Waals surface area contributed by atoms with Gasteiger partial charge < -0.3 is 15.1 Å². The minimum Gasteiger partial charge on any atom is -0.396 e. The van der Waals surface area contributed by atoms with Gasteiger partial charge in [-0.2, -0.15) is 0 Å². The fourth-order valence-corrected chi connectivity index (χ4v) is 2.15. The van der Waals surface area contributed by atoms with Crippen LogP contribution in [-0.4, -0.2) is 47.8 Å². The number of benzene rings is 1. The number of rotatable bonds is 5. The first kappa shape index (κ1) is 16.2. The summed E-state index contributed by atoms with van der Waals surface area (Å²) in [6, 6.07) is 4.64. The van der Waals surface area contributed by atoms with Crippen molar-refractivity contribution in [2.45, 2.75) is 6.92 Å². The third-order valence-electron chi connectivity index (χ3n) is 2.89. The van der Waals surface area contributed by atoms with E-state index in [2.05, 4.69) is 0 Å². The van der Waals surface area contributed by atoms with Crippen LogP contribution in [0.25, 0.3) is 0 Å². The summed E-state index contributed by atoms with van der Waals surface area (Å²) in [7, 11) is 1.59. The zero-order valence-electron chi connectivity index (χ0n) is 10.9. The van der Waals surface area contributed by atoms with Crippen molar-refractivity contribution >= 4 is 29.1 Å². The van der Waals surface area contributed by atoms with Crippen LogP contribution in [-0.2, 0) is 0 Å². The van der Waals surface area contributed by atoms with Crippen LogP contribution in [0.4, 0.5) is 0 Å². The standard InChI is InChI=1S/C13H17Cl2NO3/c1-13(7-17,8-18)6-16(2)12(19)10-4-3-9(14)5-11(10)15/h3-5,17-18H,6-8H2,1-2H3. The quantitative estimate of drug-likeness (QED) is 0.875. The molecular formula is C13H17Cl2NO3. The first-order valence-corrected chi connectivity index (χ1v) is 6.51. The molecule has 0 fully saturated rings. The Hall–Kier alpha value is -0.810. The lowest BCUT2D eigenvalue weighted by Crippen LogP contribution is -2.41. The van der Waals surface area contributed by atoms with Gasteiger partial charge in [0, 0.05) is 24.0 Å². The van der Waals surface area contributed by atoms with Crippen LogP contribution in [0, 0.1) is 5.41 Å². The van der Waals surface area contributed by atoms with E-state index in [-0.39, 0.29) is 30.7 Å². The lowest BCUT2D eigenvalue weighted by atomic mass is 9.92. The van der Waals surface area contributed by atoms with Gasteiger partial charge in [-0.25, -0.2) is 0 Å². The Labute approximate surface area is 122 Å². The van der Waals surface area contributed by atoms with Gasteiger partial charge in [0.2, 0.25) is 0 Å². The van der Waals surface area contributed by atoms with Gasteiger partial charge in [0.05, 0.1) is 23.8 Å². The topological polar surface area (TPSA) is 60.8 Å². The Morgan fingerprint density at radius 2 is 1.89 bits per heavy atom. The molecule has 1 amide bonds. The molecule has 4 nitrogen and oxygen atoms in total. The predicted molar refractivity (Wildman–Crippen MR) is 75.7 cm³/mol. The molecule has 0 heterocycles. The van der Waals surface area contributed by atoms with Crippen LogP contribution >= 0.6 is 23.2 Å². The highest BCUT2D eigenvalue weighted by Gasteiger charge is 2.27. The Kier molecular flexibility index (Phi) is 5.62. The highest BCUT2D eigenvalue weighted by Crippen LogP contribution is 2.23. The monoisotopic (exact) mass is 305 g/mol. The molecule has 19 heavy (non-hydrogen) atoms. The van der Waals surface area contributed by atoms with Gasteiger partial charge in [0.25, 0.3) is 5.91 Å². The van der Waals surface area contributed by atoms with Gasteiger partial charge in [-0.05, 0) is 18.2 Å². The fourth-order valence-electron chi connectivity index (χ4n) is 1.66. The van der Waals surface area contributed by atoms with Crippen molar-refractivity contribution in [3.63, 3.8) is 0 Å². The molecule has 0 unspecified atom stereocenters. The number of carbonyl (C=O) groups excluding carboxylic acids is 1. The van der Waals surface area contributed by atoms with Gasteiger partial charge in [-0.3, -0.25) is 4.79 Å². The van der Waals surface area contributed by atoms with Crippen LogP contribution in [0.1, 0.15) is 17.3 Å². The molecule has 1 aromatic rings. The summed E-state index contributed by atoms with van der Waals surface area (Å²) in [4.78, 5) is 13.6. The van der Waals surface area contributed by atoms with Gasteiger partial charge in [-0.1, -0.05) is 30.1 Å². The second-order valence-corrected chi connectivity index (χ2v) is 5.76. The summed E-state index contributed by atoms with van der Waals surface area (Å²) < 4.78 is 0. The van der Waals surface area contributed by atoms with Crippen LogP contribution in [0.15, 0.2) is 18.2 Å². The molecule has 1 aromatic carbocycles. The van der Waals surface area contributed by atoms with Crippen molar-refractivity contribution in [3.8, 4) is 0 Å². The average molecular weight is 306 g/mol. The largest absolute Gasteiger partial charge is 0.396 e. The van der Waals surface area contributed by atoms with Gasteiger partial charge in [0.1, 0.15) is 0 Å². The number of aliphatic hydroxyl groups is 2. The summed E-state index contributed by atoms with van der Waals surface area (Å²) in [5, 5.41) is 19.2. The van der Waals surface area contributed by atoms with Crippen molar-refractivity contribution in [2.24, 2.45) is 5.41 Å². The molecule has 0 spiro atoms. The summed E-state index contributed by atoms with van der Waals surface area (Å²) in [5.41, 5.74) is -0.407. The molecule has 0 aromatic heterocycles. The van der Waals surface area contributed by atoms with Crippen molar-refractivity contribution in [1.29, 1.82) is 0 Å². The lowest BCUT2D eigenvalue weighted by molar-refractivity contribution is 0.0366. The van der Waals surface area contributed by atoms with Gasteiger partial charge in [-0.15, -0.1) is 0 Å². The van der Waals surface area contributed by atoms with E-state index in [9.17, 15) is 15.0 Å². The maximum Gasteiger partial charge on any atom is 0.255 e. The fraction of sp³-hybridized carbons (Fsp3) is 0.462. The minimum absolute atomic E-state index is 0.213. The molecule has 0 aliphatic rings. The van der Waals surface area contributed by atoms with E-state index in [0.717, 1.165) is 0 Å². The van der Waals surface area contributed by atoms with E-state index in [4.69, 9.17) is 23.2 Å². The Bertz CT molecular complexity index is 461. The van der Waals surface area contributed by atoms with Crippen LogP contribution < -0.4 is 0 Å². The number of carbonyl (C=O) groups is 1. The molecule has 2 N–H and O–H groups in total. The summed E-state index contributed by atoms with van der Waals surface area (Å²) >= 11 is 11.8. The molecule has 0 aliphatic carbocycles. The second-order valence-electron chi connectivity index (χ2n) is 4.91. The number of hydrogen-bond acceptors (Lipinski definition) is 3. The third kappa shape index (κ3) is 4.08. The molecule has 6 heteroatoms. The molecule has 106 valence electrons. The SMILES string of the molecule is CN(CC(C)(CO)CO)C(=O)c1ccc(Cl)cc1Cl. The highest BCUT2D eigenvalue weighted by atomic mass is 35.5. The van der Waals surface area contributed by atoms with Crippen LogP contribution in [0.2, 0.25) is 10.0 Å². The third-order valence-corrected chi connectivity index (χ3v) is 3.44. The first-order valence-electron chi connectivity index (χ1n) is 5.75. The van der Waals surface area contributed by atoms with Crippen LogP contribution in [0.3, 0.4) is 0 Å². The number of aliphatic hydroxyl groups excluding tert-OH is 2. The van der Waals surface area contributed by atoms with E-state index in [1.807, 2.05) is 0 Å². The van der Waals surface area contributed by atoms with E-state index in [1.54, 1.807) is 26.1 Å². The molecule has 0 radical (unpaired) electrons. The van der Waals surface area contributed by atoms with E-state index in [1.165, 1.54) is 11.0 Å². The van der Waals surface area contributed by atoms with E-state index >= 15 is 0 Å². The Balaban J connectivity index is 2.88. The normalized spacial score (nSPS) is 11.5. The van der Waals surface area contributed by atoms with Crippen LogP contribution in [0.5, 0.6) is 0 Å². The van der Waals surface area contributed by atoms with Crippen molar-refractivity contribution in [2.75, 3.05) is 26.8 Å². The van der Waals surface area contributed by atoms with Crippen molar-refractivity contribution in [3.05, 3.63) is 33.8 Å². The molecule has 0 aliphatic heterocycles. The number of hydrogen-bond donors (Lipinski definition) is 2. The van der Waals surface area contributed by atoms with Crippen molar-refractivity contribution < 1.29 is 15.0 Å². The molecule has 0 atom stereocenters. The zero-order chi connectivity index (χ0) is 14.6. The average Bonchev–Trinajstić information content (AvgIpc) is 2.37. The highest BCUT2D eigenvalue weighted by molar-refractivity contribution is 6.36.